The number of benzene rings is 6. The molecule has 1 radical (unpaired) electrons. The van der Waals surface area contributed by atoms with Gasteiger partial charge in [-0.05, 0) is 42.1 Å². The number of hydrogen-bond donors (Lipinski definition) is 2. The van der Waals surface area contributed by atoms with Crippen LogP contribution in [0.15, 0.2) is 158 Å². The van der Waals surface area contributed by atoms with Crippen LogP contribution in [0.3, 0.4) is 0 Å². The summed E-state index contributed by atoms with van der Waals surface area (Å²) in [6, 6.07) is 51.6. The Morgan fingerprint density at radius 1 is 0.447 bits per heavy atom. The average molecular weight is 697 g/mol. The van der Waals surface area contributed by atoms with Crippen LogP contribution >= 0.6 is 0 Å². The van der Waals surface area contributed by atoms with Gasteiger partial charge in [-0.2, -0.15) is 49.2 Å². The molecule has 0 aliphatic carbocycles. The molecule has 0 aromatic heterocycles. The summed E-state index contributed by atoms with van der Waals surface area (Å²) in [6.07, 6.45) is 1.53. The molecule has 0 spiro atoms. The summed E-state index contributed by atoms with van der Waals surface area (Å²) in [5.74, 6) is 0.723. The largest absolute Gasteiger partial charge is 3.00 e. The smallest absolute Gasteiger partial charge is 0.507 e. The van der Waals surface area contributed by atoms with Crippen LogP contribution in [-0.2, 0) is 39.0 Å². The minimum Gasteiger partial charge on any atom is -0.507 e. The number of phenolic OH excluding ortho intramolecular Hbond substituents is 2. The van der Waals surface area contributed by atoms with Gasteiger partial charge in [0.15, 0.2) is 0 Å². The standard InChI is InChI=1S/C29H29NO2.2C7H7.Zr/c1-30(20-18-24-14-8-16-26(28(24)31)22-10-4-2-5-11-22)21-19-25-15-9-17-27(29(25)32)23-12-6-3-7-13-23;2*1-7-5-3-2-4-6-7;/h2-17,31-32H,18-21H2,1H3;2*2-6H,1H2;/q;2*-1;+3. The summed E-state index contributed by atoms with van der Waals surface area (Å²) in [6.45, 7) is 9.09. The maximum atomic E-state index is 10.8. The number of rotatable bonds is 8. The monoisotopic (exact) mass is 695 g/mol. The van der Waals surface area contributed by atoms with Crippen LogP contribution in [0.5, 0.6) is 11.5 Å². The Bertz CT molecular complexity index is 1600. The first-order valence-electron chi connectivity index (χ1n) is 15.6. The van der Waals surface area contributed by atoms with E-state index >= 15 is 0 Å². The third-order valence-electron chi connectivity index (χ3n) is 7.62. The number of nitrogens with zero attached hydrogens (tertiary/aromatic N) is 1. The van der Waals surface area contributed by atoms with Crippen LogP contribution in [0.4, 0.5) is 0 Å². The second-order valence-corrected chi connectivity index (χ2v) is 11.1. The minimum atomic E-state index is 0. The fraction of sp³-hybridized carbons (Fsp3) is 0.116. The maximum Gasteiger partial charge on any atom is 3.00 e. The van der Waals surface area contributed by atoms with E-state index in [-0.39, 0.29) is 26.2 Å². The van der Waals surface area contributed by atoms with Gasteiger partial charge < -0.3 is 15.1 Å². The summed E-state index contributed by atoms with van der Waals surface area (Å²) >= 11 is 0. The van der Waals surface area contributed by atoms with Gasteiger partial charge in [0.25, 0.3) is 0 Å². The van der Waals surface area contributed by atoms with Crippen LogP contribution in [0.2, 0.25) is 0 Å². The van der Waals surface area contributed by atoms with Gasteiger partial charge in [0.05, 0.1) is 0 Å². The Kier molecular flexibility index (Phi) is 15.6. The molecule has 4 heteroatoms. The van der Waals surface area contributed by atoms with Crippen molar-refractivity contribution in [2.45, 2.75) is 12.8 Å². The number of hydrogen-bond acceptors (Lipinski definition) is 3. The number of aromatic hydroxyl groups is 2. The Morgan fingerprint density at radius 3 is 1.06 bits per heavy atom. The quantitative estimate of drug-likeness (QED) is 0.156. The molecule has 235 valence electrons. The number of phenols is 2. The molecular weight excluding hydrogens is 654 g/mol. The van der Waals surface area contributed by atoms with E-state index in [9.17, 15) is 10.2 Å². The molecule has 0 amide bonds. The zero-order chi connectivity index (χ0) is 32.6. The molecule has 0 saturated carbocycles. The molecular formula is C43H43NO2Zr+. The zero-order valence-electron chi connectivity index (χ0n) is 27.1. The van der Waals surface area contributed by atoms with E-state index in [1.807, 2.05) is 158 Å². The van der Waals surface area contributed by atoms with E-state index in [4.69, 9.17) is 0 Å². The fourth-order valence-corrected chi connectivity index (χ4v) is 4.98. The molecule has 6 aromatic carbocycles. The van der Waals surface area contributed by atoms with Gasteiger partial charge in [-0.15, -0.1) is 24.3 Å². The van der Waals surface area contributed by atoms with Crippen molar-refractivity contribution in [2.24, 2.45) is 0 Å². The van der Waals surface area contributed by atoms with E-state index in [1.54, 1.807) is 0 Å². The average Bonchev–Trinajstić information content (AvgIpc) is 3.09. The molecule has 2 N–H and O–H groups in total. The molecule has 0 fully saturated rings. The van der Waals surface area contributed by atoms with E-state index < -0.39 is 0 Å². The molecule has 6 rings (SSSR count). The molecule has 6 aromatic rings. The van der Waals surface area contributed by atoms with Gasteiger partial charge in [0, 0.05) is 24.2 Å². The third kappa shape index (κ3) is 12.0. The van der Waals surface area contributed by atoms with Crippen LogP contribution < -0.4 is 0 Å². The molecule has 47 heavy (non-hydrogen) atoms. The molecule has 0 unspecified atom stereocenters. The molecule has 3 nitrogen and oxygen atoms in total. The van der Waals surface area contributed by atoms with E-state index in [0.29, 0.717) is 11.5 Å². The Labute approximate surface area is 300 Å². The Balaban J connectivity index is 0.000000329. The van der Waals surface area contributed by atoms with Gasteiger partial charge in [-0.25, -0.2) is 0 Å². The van der Waals surface area contributed by atoms with Crippen molar-refractivity contribution in [1.82, 2.24) is 4.90 Å². The van der Waals surface area contributed by atoms with Gasteiger partial charge in [0.2, 0.25) is 0 Å². The van der Waals surface area contributed by atoms with Crippen molar-refractivity contribution in [3.05, 3.63) is 194 Å². The first kappa shape index (κ1) is 37.0. The number of para-hydroxylation sites is 2. The van der Waals surface area contributed by atoms with Crippen molar-refractivity contribution in [2.75, 3.05) is 20.1 Å². The fourth-order valence-electron chi connectivity index (χ4n) is 4.98. The normalized spacial score (nSPS) is 10.1. The Morgan fingerprint density at radius 2 is 0.766 bits per heavy atom. The summed E-state index contributed by atoms with van der Waals surface area (Å²) in [5, 5.41) is 21.6. The van der Waals surface area contributed by atoms with Gasteiger partial charge in [-0.1, -0.05) is 109 Å². The molecule has 0 aliphatic heterocycles. The first-order valence-corrected chi connectivity index (χ1v) is 15.6. The van der Waals surface area contributed by atoms with Crippen molar-refractivity contribution in [1.29, 1.82) is 0 Å². The first-order chi connectivity index (χ1) is 22.4. The van der Waals surface area contributed by atoms with Crippen LogP contribution in [0.25, 0.3) is 22.3 Å². The molecule has 0 aliphatic rings. The van der Waals surface area contributed by atoms with Crippen LogP contribution in [-0.4, -0.2) is 35.3 Å². The predicted molar refractivity (Wildman–Crippen MR) is 194 cm³/mol. The van der Waals surface area contributed by atoms with E-state index in [0.717, 1.165) is 70.4 Å². The Hall–Kier alpha value is -4.50. The van der Waals surface area contributed by atoms with E-state index in [1.165, 1.54) is 0 Å². The van der Waals surface area contributed by atoms with Crippen molar-refractivity contribution in [3.63, 3.8) is 0 Å². The van der Waals surface area contributed by atoms with Crippen molar-refractivity contribution >= 4 is 0 Å². The molecule has 0 bridgehead atoms. The summed E-state index contributed by atoms with van der Waals surface area (Å²) < 4.78 is 0. The van der Waals surface area contributed by atoms with Gasteiger partial charge >= 0.3 is 26.2 Å². The molecule has 0 saturated heterocycles. The summed E-state index contributed by atoms with van der Waals surface area (Å²) in [4.78, 5) is 2.24. The van der Waals surface area contributed by atoms with Crippen molar-refractivity contribution in [3.8, 4) is 33.8 Å². The van der Waals surface area contributed by atoms with Crippen molar-refractivity contribution < 1.29 is 36.4 Å². The predicted octanol–water partition coefficient (Wildman–Crippen LogP) is 9.88. The van der Waals surface area contributed by atoms with Gasteiger partial charge in [0.1, 0.15) is 11.5 Å². The molecule has 0 heterocycles. The third-order valence-corrected chi connectivity index (χ3v) is 7.62. The van der Waals surface area contributed by atoms with Crippen LogP contribution in [0.1, 0.15) is 22.3 Å². The van der Waals surface area contributed by atoms with Gasteiger partial charge in [-0.3, -0.25) is 0 Å². The zero-order valence-corrected chi connectivity index (χ0v) is 29.6. The summed E-state index contributed by atoms with van der Waals surface area (Å²) in [5.41, 5.74) is 7.83. The van der Waals surface area contributed by atoms with Crippen LogP contribution in [0, 0.1) is 13.8 Å². The number of likely N-dealkylation sites (N-methyl/N-ethyl adjacent to an activating group) is 1. The summed E-state index contributed by atoms with van der Waals surface area (Å²) in [7, 11) is 2.08. The SMILES string of the molecule is CN(CCc1cccc(-c2ccccc2)c1O)CCc1cccc(-c2ccccc2)c1O.[CH2-]c1ccccc1.[CH2-]c1ccccc1.[Zr+3]. The second kappa shape index (κ2) is 19.9. The minimum absolute atomic E-state index is 0. The van der Waals surface area contributed by atoms with E-state index in [2.05, 4.69) is 25.8 Å². The second-order valence-electron chi connectivity index (χ2n) is 11.1. The molecule has 0 atom stereocenters. The topological polar surface area (TPSA) is 43.7 Å². The maximum absolute atomic E-state index is 10.8.